The summed E-state index contributed by atoms with van der Waals surface area (Å²) < 4.78 is 38.9. The van der Waals surface area contributed by atoms with Gasteiger partial charge in [0.2, 0.25) is 21.8 Å². The van der Waals surface area contributed by atoms with Crippen LogP contribution < -0.4 is 9.62 Å². The van der Waals surface area contributed by atoms with Crippen LogP contribution in [0.2, 0.25) is 5.02 Å². The molecule has 1 N–H and O–H groups in total. The molecule has 10 heteroatoms. The Morgan fingerprint density at radius 2 is 1.74 bits per heavy atom. The number of amides is 2. The van der Waals surface area contributed by atoms with Crippen molar-refractivity contribution in [3.63, 3.8) is 0 Å². The first kappa shape index (κ1) is 24.6. The maximum absolute atomic E-state index is 13.3. The number of hydrogen-bond acceptors (Lipinski definition) is 4. The van der Waals surface area contributed by atoms with Gasteiger partial charge in [0.1, 0.15) is 18.4 Å². The number of carbonyl (C=O) groups excluding carboxylic acids is 2. The summed E-state index contributed by atoms with van der Waals surface area (Å²) in [5.74, 6) is -1.50. The van der Waals surface area contributed by atoms with E-state index in [1.807, 2.05) is 0 Å². The lowest BCUT2D eigenvalue weighted by atomic mass is 10.1. The quantitative estimate of drug-likeness (QED) is 0.611. The average molecular weight is 470 g/mol. The van der Waals surface area contributed by atoms with Crippen LogP contribution in [0.1, 0.15) is 18.9 Å². The van der Waals surface area contributed by atoms with E-state index < -0.39 is 34.3 Å². The molecule has 1 atom stereocenters. The molecule has 2 aromatic rings. The number of halogens is 2. The smallest absolute Gasteiger partial charge is 0.244 e. The molecule has 168 valence electrons. The summed E-state index contributed by atoms with van der Waals surface area (Å²) in [6, 6.07) is 10.8. The highest BCUT2D eigenvalue weighted by atomic mass is 35.5. The van der Waals surface area contributed by atoms with E-state index in [4.69, 9.17) is 11.6 Å². The molecular formula is C21H25ClFN3O4S. The van der Waals surface area contributed by atoms with E-state index in [2.05, 4.69) is 5.32 Å². The van der Waals surface area contributed by atoms with Crippen LogP contribution in [0.25, 0.3) is 0 Å². The fourth-order valence-electron chi connectivity index (χ4n) is 3.12. The Bertz CT molecular complexity index is 1030. The zero-order valence-corrected chi connectivity index (χ0v) is 19.1. The van der Waals surface area contributed by atoms with Crippen LogP contribution in [0.15, 0.2) is 48.5 Å². The SMILES string of the molecule is CC[C@H](C(=O)NC)N(Cc1ccccc1Cl)C(=O)CN(c1ccc(F)cc1)S(C)(=O)=O. The van der Waals surface area contributed by atoms with Crippen molar-refractivity contribution in [1.29, 1.82) is 0 Å². The minimum Gasteiger partial charge on any atom is -0.357 e. The summed E-state index contributed by atoms with van der Waals surface area (Å²) >= 11 is 6.24. The van der Waals surface area contributed by atoms with Crippen LogP contribution in [0.5, 0.6) is 0 Å². The maximum atomic E-state index is 13.3. The minimum absolute atomic E-state index is 0.0193. The third kappa shape index (κ3) is 6.41. The molecule has 0 aromatic heterocycles. The van der Waals surface area contributed by atoms with Crippen LogP contribution in [0, 0.1) is 5.82 Å². The van der Waals surface area contributed by atoms with Crippen LogP contribution in [0.4, 0.5) is 10.1 Å². The van der Waals surface area contributed by atoms with Crippen molar-refractivity contribution in [3.8, 4) is 0 Å². The average Bonchev–Trinajstić information content (AvgIpc) is 2.72. The highest BCUT2D eigenvalue weighted by Crippen LogP contribution is 2.22. The second-order valence-corrected chi connectivity index (χ2v) is 9.21. The van der Waals surface area contributed by atoms with Crippen molar-refractivity contribution in [3.05, 3.63) is 64.9 Å². The van der Waals surface area contributed by atoms with E-state index in [1.54, 1.807) is 31.2 Å². The predicted molar refractivity (Wildman–Crippen MR) is 119 cm³/mol. The fourth-order valence-corrected chi connectivity index (χ4v) is 4.16. The van der Waals surface area contributed by atoms with Crippen molar-refractivity contribution < 1.29 is 22.4 Å². The summed E-state index contributed by atoms with van der Waals surface area (Å²) in [4.78, 5) is 27.0. The van der Waals surface area contributed by atoms with E-state index in [0.717, 1.165) is 22.7 Å². The van der Waals surface area contributed by atoms with Gasteiger partial charge in [-0.25, -0.2) is 12.8 Å². The highest BCUT2D eigenvalue weighted by Gasteiger charge is 2.31. The summed E-state index contributed by atoms with van der Waals surface area (Å²) in [6.07, 6.45) is 1.27. The number of carbonyl (C=O) groups is 2. The molecule has 0 aliphatic heterocycles. The minimum atomic E-state index is -3.86. The lowest BCUT2D eigenvalue weighted by Crippen LogP contribution is -2.51. The number of hydrogen-bond donors (Lipinski definition) is 1. The summed E-state index contributed by atoms with van der Waals surface area (Å²) in [5, 5.41) is 2.96. The Balaban J connectivity index is 2.43. The van der Waals surface area contributed by atoms with Gasteiger partial charge in [-0.1, -0.05) is 36.7 Å². The lowest BCUT2D eigenvalue weighted by Gasteiger charge is -2.32. The van der Waals surface area contributed by atoms with Gasteiger partial charge in [-0.05, 0) is 42.3 Å². The number of nitrogens with one attached hydrogen (secondary N) is 1. The molecule has 0 bridgehead atoms. The zero-order chi connectivity index (χ0) is 23.2. The van der Waals surface area contributed by atoms with Crippen molar-refractivity contribution in [2.24, 2.45) is 0 Å². The Labute approximate surface area is 186 Å². The summed E-state index contributed by atoms with van der Waals surface area (Å²) in [5.41, 5.74) is 0.760. The van der Waals surface area contributed by atoms with Gasteiger partial charge in [-0.3, -0.25) is 13.9 Å². The fraction of sp³-hybridized carbons (Fsp3) is 0.333. The Morgan fingerprint density at radius 1 is 1.13 bits per heavy atom. The first-order chi connectivity index (χ1) is 14.6. The molecule has 2 amide bonds. The van der Waals surface area contributed by atoms with Crippen molar-refractivity contribution in [1.82, 2.24) is 10.2 Å². The number of likely N-dealkylation sites (N-methyl/N-ethyl adjacent to an activating group) is 1. The number of rotatable bonds is 9. The van der Waals surface area contributed by atoms with Crippen LogP contribution in [-0.2, 0) is 26.2 Å². The van der Waals surface area contributed by atoms with E-state index in [9.17, 15) is 22.4 Å². The van der Waals surface area contributed by atoms with Gasteiger partial charge >= 0.3 is 0 Å². The highest BCUT2D eigenvalue weighted by molar-refractivity contribution is 7.92. The first-order valence-electron chi connectivity index (χ1n) is 9.56. The number of anilines is 1. The van der Waals surface area contributed by atoms with Crippen molar-refractivity contribution in [2.45, 2.75) is 25.9 Å². The molecular weight excluding hydrogens is 445 g/mol. The molecule has 0 saturated carbocycles. The molecule has 0 heterocycles. The standard InChI is InChI=1S/C21H25ClFN3O4S/c1-4-19(21(28)24-2)25(13-15-7-5-6-8-18(15)22)20(27)14-26(31(3,29)30)17-11-9-16(23)10-12-17/h5-12,19H,4,13-14H2,1-3H3,(H,24,28)/t19-/m1/s1. The van der Waals surface area contributed by atoms with E-state index in [1.165, 1.54) is 24.1 Å². The Hall–Kier alpha value is -2.65. The zero-order valence-electron chi connectivity index (χ0n) is 17.5. The van der Waals surface area contributed by atoms with Crippen LogP contribution in [0.3, 0.4) is 0 Å². The van der Waals surface area contributed by atoms with Gasteiger partial charge in [0.15, 0.2) is 0 Å². The number of nitrogens with zero attached hydrogens (tertiary/aromatic N) is 2. The van der Waals surface area contributed by atoms with Gasteiger partial charge in [0.05, 0.1) is 11.9 Å². The third-order valence-electron chi connectivity index (χ3n) is 4.72. The molecule has 2 rings (SSSR count). The van der Waals surface area contributed by atoms with Crippen LogP contribution in [-0.4, -0.2) is 51.0 Å². The monoisotopic (exact) mass is 469 g/mol. The molecule has 0 radical (unpaired) electrons. The molecule has 0 unspecified atom stereocenters. The third-order valence-corrected chi connectivity index (χ3v) is 6.23. The van der Waals surface area contributed by atoms with Gasteiger partial charge in [0.25, 0.3) is 0 Å². The normalized spacial score (nSPS) is 12.2. The van der Waals surface area contributed by atoms with Crippen LogP contribution >= 0.6 is 11.6 Å². The molecule has 2 aromatic carbocycles. The molecule has 0 aliphatic carbocycles. The maximum Gasteiger partial charge on any atom is 0.244 e. The molecule has 31 heavy (non-hydrogen) atoms. The second-order valence-electron chi connectivity index (χ2n) is 6.90. The molecule has 0 fully saturated rings. The van der Waals surface area contributed by atoms with Crippen molar-refractivity contribution in [2.75, 3.05) is 24.2 Å². The summed E-state index contributed by atoms with van der Waals surface area (Å²) in [6.45, 7) is 1.22. The van der Waals surface area contributed by atoms with Gasteiger partial charge in [0, 0.05) is 18.6 Å². The molecule has 7 nitrogen and oxygen atoms in total. The largest absolute Gasteiger partial charge is 0.357 e. The molecule has 0 saturated heterocycles. The van der Waals surface area contributed by atoms with Gasteiger partial charge in [-0.15, -0.1) is 0 Å². The Kier molecular flexibility index (Phi) is 8.41. The second kappa shape index (κ2) is 10.6. The van der Waals surface area contributed by atoms with Crippen molar-refractivity contribution >= 4 is 39.1 Å². The first-order valence-corrected chi connectivity index (χ1v) is 11.8. The topological polar surface area (TPSA) is 86.8 Å². The molecule has 0 aliphatic rings. The Morgan fingerprint density at radius 3 is 2.26 bits per heavy atom. The number of sulfonamides is 1. The number of benzene rings is 2. The van der Waals surface area contributed by atoms with Gasteiger partial charge in [-0.2, -0.15) is 0 Å². The van der Waals surface area contributed by atoms with E-state index >= 15 is 0 Å². The predicted octanol–water partition coefficient (Wildman–Crippen LogP) is 2.80. The molecule has 0 spiro atoms. The van der Waals surface area contributed by atoms with Gasteiger partial charge < -0.3 is 10.2 Å². The lowest BCUT2D eigenvalue weighted by molar-refractivity contribution is -0.140. The van der Waals surface area contributed by atoms with E-state index in [0.29, 0.717) is 17.0 Å². The van der Waals surface area contributed by atoms with E-state index in [-0.39, 0.29) is 18.1 Å². The summed E-state index contributed by atoms with van der Waals surface area (Å²) in [7, 11) is -2.40.